The van der Waals surface area contributed by atoms with E-state index in [2.05, 4.69) is 10.6 Å². The summed E-state index contributed by atoms with van der Waals surface area (Å²) in [5, 5.41) is 13.0. The van der Waals surface area contributed by atoms with Crippen molar-refractivity contribution in [3.8, 4) is 0 Å². The van der Waals surface area contributed by atoms with Gasteiger partial charge < -0.3 is 15.7 Å². The molecule has 8 heteroatoms. The van der Waals surface area contributed by atoms with E-state index in [4.69, 9.17) is 5.11 Å². The lowest BCUT2D eigenvalue weighted by molar-refractivity contribution is -0.140. The summed E-state index contributed by atoms with van der Waals surface area (Å²) in [5.41, 5.74) is 0. The van der Waals surface area contributed by atoms with Crippen molar-refractivity contribution in [3.05, 3.63) is 0 Å². The lowest BCUT2D eigenvalue weighted by atomic mass is 10.2. The van der Waals surface area contributed by atoms with Gasteiger partial charge in [0.1, 0.15) is 11.3 Å². The molecule has 0 aromatic carbocycles. The zero-order chi connectivity index (χ0) is 16.4. The fourth-order valence-electron chi connectivity index (χ4n) is 1.58. The Kier molecular flexibility index (Phi) is 9.60. The molecule has 0 saturated heterocycles. The van der Waals surface area contributed by atoms with Gasteiger partial charge in [0, 0.05) is 24.3 Å². The Bertz CT molecular complexity index is 400. The van der Waals surface area contributed by atoms with Gasteiger partial charge in [-0.25, -0.2) is 4.79 Å². The summed E-state index contributed by atoms with van der Waals surface area (Å²) in [6, 6.07) is -1.25. The number of hydrogen-bond donors (Lipinski definition) is 3. The molecule has 0 bridgehead atoms. The molecule has 3 N–H and O–H groups in total. The van der Waals surface area contributed by atoms with Crippen LogP contribution in [0.1, 0.15) is 40.0 Å². The van der Waals surface area contributed by atoms with Crippen molar-refractivity contribution in [2.75, 3.05) is 12.3 Å². The fourth-order valence-corrected chi connectivity index (χ4v) is 2.74. The topological polar surface area (TPSA) is 113 Å². The first-order valence-electron chi connectivity index (χ1n) is 6.94. The van der Waals surface area contributed by atoms with Crippen LogP contribution in [-0.4, -0.2) is 50.7 Å². The van der Waals surface area contributed by atoms with Gasteiger partial charge in [0.05, 0.1) is 5.75 Å². The highest BCUT2D eigenvalue weighted by atomic mass is 32.2. The molecule has 0 aliphatic rings. The number of amides is 2. The van der Waals surface area contributed by atoms with Gasteiger partial charge in [-0.3, -0.25) is 13.8 Å². The molecule has 21 heavy (non-hydrogen) atoms. The normalized spacial score (nSPS) is 14.8. The summed E-state index contributed by atoms with van der Waals surface area (Å²) < 4.78 is 12.0. The van der Waals surface area contributed by atoms with Gasteiger partial charge in [-0.15, -0.1) is 0 Å². The molecule has 0 aromatic rings. The van der Waals surface area contributed by atoms with Gasteiger partial charge in [0.15, 0.2) is 0 Å². The quantitative estimate of drug-likeness (QED) is 0.491. The Balaban J connectivity index is 4.37. The largest absolute Gasteiger partial charge is 0.480 e. The summed E-state index contributed by atoms with van der Waals surface area (Å²) in [5.74, 6) is -2.44. The van der Waals surface area contributed by atoms with E-state index in [0.717, 1.165) is 19.3 Å². The van der Waals surface area contributed by atoms with Crippen LogP contribution in [0.25, 0.3) is 0 Å². The molecule has 0 saturated carbocycles. The van der Waals surface area contributed by atoms with Crippen molar-refractivity contribution in [2.24, 2.45) is 0 Å². The Morgan fingerprint density at radius 1 is 1.24 bits per heavy atom. The Morgan fingerprint density at radius 3 is 2.33 bits per heavy atom. The van der Waals surface area contributed by atoms with Crippen molar-refractivity contribution >= 4 is 28.6 Å². The lowest BCUT2D eigenvalue weighted by Gasteiger charge is -2.16. The number of carboxylic acids is 1. The van der Waals surface area contributed by atoms with Crippen LogP contribution in [0.3, 0.4) is 0 Å². The standard InChI is InChI=1S/C13H24N2O5S/c1-4-5-6-7-14-12(17)9(2)21(20)8-11(13(18)19)15-10(3)16/h9,11H,4-8H2,1-3H3,(H,14,17)(H,15,16)(H,18,19). The van der Waals surface area contributed by atoms with Gasteiger partial charge in [-0.2, -0.15) is 0 Å². The molecule has 3 atom stereocenters. The third-order valence-corrected chi connectivity index (χ3v) is 4.51. The first-order valence-corrected chi connectivity index (χ1v) is 8.32. The minimum absolute atomic E-state index is 0.293. The fraction of sp³-hybridized carbons (Fsp3) is 0.769. The molecule has 0 heterocycles. The minimum atomic E-state index is -1.68. The first kappa shape index (κ1) is 19.6. The second kappa shape index (κ2) is 10.3. The second-order valence-electron chi connectivity index (χ2n) is 4.78. The predicted octanol–water partition coefficient (Wildman–Crippen LogP) is 0.0193. The van der Waals surface area contributed by atoms with Crippen LogP contribution in [0.4, 0.5) is 0 Å². The smallest absolute Gasteiger partial charge is 0.327 e. The van der Waals surface area contributed by atoms with Crippen molar-refractivity contribution in [1.82, 2.24) is 10.6 Å². The second-order valence-corrected chi connectivity index (χ2v) is 6.58. The van der Waals surface area contributed by atoms with Crippen LogP contribution in [0.5, 0.6) is 0 Å². The molecular weight excluding hydrogens is 296 g/mol. The summed E-state index contributed by atoms with van der Waals surface area (Å²) in [7, 11) is -1.68. The van der Waals surface area contributed by atoms with Gasteiger partial charge in [-0.1, -0.05) is 19.8 Å². The highest BCUT2D eigenvalue weighted by Crippen LogP contribution is 2.01. The maximum Gasteiger partial charge on any atom is 0.327 e. The maximum atomic E-state index is 12.0. The number of carboxylic acid groups (broad SMARTS) is 1. The van der Waals surface area contributed by atoms with Gasteiger partial charge >= 0.3 is 5.97 Å². The van der Waals surface area contributed by atoms with E-state index in [9.17, 15) is 18.6 Å². The lowest BCUT2D eigenvalue weighted by Crippen LogP contribution is -2.46. The summed E-state index contributed by atoms with van der Waals surface area (Å²) >= 11 is 0. The van der Waals surface area contributed by atoms with Crippen LogP contribution in [0, 0.1) is 0 Å². The molecule has 0 aliphatic carbocycles. The zero-order valence-corrected chi connectivity index (χ0v) is 13.5. The van der Waals surface area contributed by atoms with E-state index in [1.807, 2.05) is 6.92 Å². The molecule has 2 amide bonds. The molecule has 0 aliphatic heterocycles. The average Bonchev–Trinajstić information content (AvgIpc) is 2.41. The van der Waals surface area contributed by atoms with Gasteiger partial charge in [0.2, 0.25) is 11.8 Å². The maximum absolute atomic E-state index is 12.0. The Hall–Kier alpha value is -1.44. The Labute approximate surface area is 127 Å². The van der Waals surface area contributed by atoms with Crippen molar-refractivity contribution < 1.29 is 23.7 Å². The van der Waals surface area contributed by atoms with E-state index < -0.39 is 34.0 Å². The molecular formula is C13H24N2O5S. The van der Waals surface area contributed by atoms with Gasteiger partial charge in [0.25, 0.3) is 0 Å². The predicted molar refractivity (Wildman–Crippen MR) is 80.2 cm³/mol. The number of carbonyl (C=O) groups excluding carboxylic acids is 2. The number of aliphatic carboxylic acids is 1. The van der Waals surface area contributed by atoms with E-state index in [-0.39, 0.29) is 11.7 Å². The van der Waals surface area contributed by atoms with Crippen LogP contribution >= 0.6 is 0 Å². The highest BCUT2D eigenvalue weighted by molar-refractivity contribution is 7.86. The number of unbranched alkanes of at least 4 members (excludes halogenated alkanes) is 2. The van der Waals surface area contributed by atoms with E-state index in [0.29, 0.717) is 6.54 Å². The average molecular weight is 320 g/mol. The minimum Gasteiger partial charge on any atom is -0.480 e. The van der Waals surface area contributed by atoms with E-state index in [1.54, 1.807) is 0 Å². The van der Waals surface area contributed by atoms with Crippen molar-refractivity contribution in [3.63, 3.8) is 0 Å². The van der Waals surface area contributed by atoms with Crippen LogP contribution in [0.2, 0.25) is 0 Å². The number of hydrogen-bond acceptors (Lipinski definition) is 4. The zero-order valence-electron chi connectivity index (χ0n) is 12.7. The van der Waals surface area contributed by atoms with Gasteiger partial charge in [-0.05, 0) is 13.3 Å². The monoisotopic (exact) mass is 320 g/mol. The molecule has 3 unspecified atom stereocenters. The number of nitrogens with one attached hydrogen (secondary N) is 2. The molecule has 0 rings (SSSR count). The molecule has 122 valence electrons. The molecule has 7 nitrogen and oxygen atoms in total. The third kappa shape index (κ3) is 8.44. The third-order valence-electron chi connectivity index (χ3n) is 2.85. The van der Waals surface area contributed by atoms with E-state index in [1.165, 1.54) is 13.8 Å². The highest BCUT2D eigenvalue weighted by Gasteiger charge is 2.27. The molecule has 0 fully saturated rings. The summed E-state index contributed by atoms with van der Waals surface area (Å²) in [6.07, 6.45) is 2.89. The van der Waals surface area contributed by atoms with Crippen LogP contribution in [0.15, 0.2) is 0 Å². The van der Waals surface area contributed by atoms with Crippen molar-refractivity contribution in [2.45, 2.75) is 51.3 Å². The summed E-state index contributed by atoms with van der Waals surface area (Å²) in [4.78, 5) is 33.6. The molecule has 0 aromatic heterocycles. The molecule has 0 spiro atoms. The van der Waals surface area contributed by atoms with E-state index >= 15 is 0 Å². The Morgan fingerprint density at radius 2 is 1.86 bits per heavy atom. The SMILES string of the molecule is CCCCCNC(=O)C(C)S(=O)CC(NC(C)=O)C(=O)O. The van der Waals surface area contributed by atoms with Crippen molar-refractivity contribution in [1.29, 1.82) is 0 Å². The first-order chi connectivity index (χ1) is 9.79. The molecule has 0 radical (unpaired) electrons. The number of rotatable bonds is 10. The van der Waals surface area contributed by atoms with Crippen LogP contribution in [-0.2, 0) is 25.2 Å². The summed E-state index contributed by atoms with van der Waals surface area (Å²) in [6.45, 7) is 5.23. The van der Waals surface area contributed by atoms with Crippen LogP contribution < -0.4 is 10.6 Å². The number of carbonyl (C=O) groups is 3.